The summed E-state index contributed by atoms with van der Waals surface area (Å²) in [4.78, 5) is 28.9. The molecule has 1 heterocycles. The Morgan fingerprint density at radius 1 is 1.37 bits per heavy atom. The van der Waals surface area contributed by atoms with Gasteiger partial charge in [-0.2, -0.15) is 0 Å². The van der Waals surface area contributed by atoms with Crippen LogP contribution < -0.4 is 0 Å². The third-order valence-electron chi connectivity index (χ3n) is 10.6. The van der Waals surface area contributed by atoms with Crippen LogP contribution >= 0.6 is 15.9 Å². The van der Waals surface area contributed by atoms with Crippen LogP contribution in [0.3, 0.4) is 0 Å². The third-order valence-corrected chi connectivity index (χ3v) is 10.8. The van der Waals surface area contributed by atoms with Gasteiger partial charge in [-0.15, -0.1) is 0 Å². The molecule has 4 bridgehead atoms. The number of hydrogen-bond acceptors (Lipinski definition) is 5. The molecule has 194 valence electrons. The number of morpholine rings is 1. The predicted molar refractivity (Wildman–Crippen MR) is 137 cm³/mol. The van der Waals surface area contributed by atoms with E-state index in [1.54, 1.807) is 0 Å². The maximum absolute atomic E-state index is 13.5. The molecular formula is C28H40BrNO5. The van der Waals surface area contributed by atoms with Crippen LogP contribution in [0.25, 0.3) is 0 Å². The Kier molecular flexibility index (Phi) is 6.43. The van der Waals surface area contributed by atoms with E-state index in [9.17, 15) is 14.7 Å². The molecule has 6 nitrogen and oxygen atoms in total. The molecule has 3 saturated carbocycles. The van der Waals surface area contributed by atoms with Gasteiger partial charge in [0.15, 0.2) is 6.29 Å². The lowest BCUT2D eigenvalue weighted by molar-refractivity contribution is -0.227. The second-order valence-electron chi connectivity index (χ2n) is 12.4. The minimum Gasteiger partial charge on any atom is -0.481 e. The van der Waals surface area contributed by atoms with E-state index in [-0.39, 0.29) is 23.8 Å². The number of halogens is 1. The Bertz CT molecular complexity index is 950. The number of carboxylic acid groups (broad SMARTS) is 1. The summed E-state index contributed by atoms with van der Waals surface area (Å²) in [5.41, 5.74) is -1.71. The third kappa shape index (κ3) is 3.30. The fourth-order valence-electron chi connectivity index (χ4n) is 9.19. The van der Waals surface area contributed by atoms with Crippen molar-refractivity contribution in [1.29, 1.82) is 0 Å². The van der Waals surface area contributed by atoms with Crippen LogP contribution in [0, 0.1) is 45.8 Å². The molecule has 0 aromatic heterocycles. The lowest BCUT2D eigenvalue weighted by Crippen LogP contribution is -2.64. The van der Waals surface area contributed by atoms with E-state index >= 15 is 0 Å². The van der Waals surface area contributed by atoms with E-state index < -0.39 is 28.5 Å². The number of carbonyl (C=O) groups is 2. The maximum atomic E-state index is 13.5. The van der Waals surface area contributed by atoms with E-state index in [4.69, 9.17) is 9.47 Å². The van der Waals surface area contributed by atoms with Gasteiger partial charge >= 0.3 is 5.97 Å². The second-order valence-corrected chi connectivity index (χ2v) is 13.5. The van der Waals surface area contributed by atoms with Crippen LogP contribution in [0.1, 0.15) is 53.4 Å². The Labute approximate surface area is 217 Å². The molecule has 5 rings (SSSR count). The van der Waals surface area contributed by atoms with Crippen LogP contribution in [0.15, 0.2) is 22.7 Å². The number of aldehydes is 1. The first-order chi connectivity index (χ1) is 16.5. The highest BCUT2D eigenvalue weighted by Gasteiger charge is 2.84. The Balaban J connectivity index is 1.52. The molecule has 7 heteroatoms. The van der Waals surface area contributed by atoms with Crippen molar-refractivity contribution in [3.63, 3.8) is 0 Å². The number of fused-ring (bicyclic) bond motifs is 2. The van der Waals surface area contributed by atoms with Gasteiger partial charge in [-0.1, -0.05) is 61.4 Å². The Morgan fingerprint density at radius 2 is 2.11 bits per heavy atom. The van der Waals surface area contributed by atoms with Crippen LogP contribution in [0.5, 0.6) is 0 Å². The molecule has 3 unspecified atom stereocenters. The smallest absolute Gasteiger partial charge is 0.315 e. The normalized spacial score (nSPS) is 46.5. The lowest BCUT2D eigenvalue weighted by Gasteiger charge is -2.58. The van der Waals surface area contributed by atoms with Gasteiger partial charge < -0.3 is 19.4 Å². The second kappa shape index (κ2) is 8.78. The quantitative estimate of drug-likeness (QED) is 0.343. The van der Waals surface area contributed by atoms with Crippen molar-refractivity contribution < 1.29 is 24.2 Å². The van der Waals surface area contributed by atoms with Crippen LogP contribution in [-0.4, -0.2) is 60.9 Å². The van der Waals surface area contributed by atoms with Crippen molar-refractivity contribution in [2.24, 2.45) is 45.8 Å². The number of aliphatic carboxylic acids is 1. The molecule has 0 aromatic rings. The van der Waals surface area contributed by atoms with Gasteiger partial charge in [0.05, 0.1) is 25.2 Å². The number of ether oxygens (including phenoxy) is 2. The van der Waals surface area contributed by atoms with Gasteiger partial charge in [-0.05, 0) is 55.8 Å². The molecule has 0 aromatic carbocycles. The lowest BCUT2D eigenvalue weighted by atomic mass is 9.43. The zero-order valence-electron chi connectivity index (χ0n) is 21.5. The molecular weight excluding hydrogens is 510 g/mol. The van der Waals surface area contributed by atoms with Crippen molar-refractivity contribution in [3.05, 3.63) is 22.7 Å². The summed E-state index contributed by atoms with van der Waals surface area (Å²) in [5.74, 6) is 0.275. The monoisotopic (exact) mass is 549 g/mol. The van der Waals surface area contributed by atoms with E-state index in [1.807, 2.05) is 0 Å². The number of allylic oxidation sites excluding steroid dienone is 1. The maximum Gasteiger partial charge on any atom is 0.315 e. The van der Waals surface area contributed by atoms with Crippen molar-refractivity contribution in [1.82, 2.24) is 4.90 Å². The summed E-state index contributed by atoms with van der Waals surface area (Å²) in [6, 6.07) is 0.252. The van der Waals surface area contributed by atoms with Crippen LogP contribution in [0.4, 0.5) is 0 Å². The zero-order valence-corrected chi connectivity index (χ0v) is 23.1. The summed E-state index contributed by atoms with van der Waals surface area (Å²) >= 11 is 3.47. The SMILES string of the molecule is C=C(Br)CN1C[C@H](OCC23C[C@@H]4[C@H](C)CC[C@H]4C4(C=O)CC2C=C(C(C)C)[C@@]34C(=O)O)OC[C@H]1C. The zero-order chi connectivity index (χ0) is 25.3. The van der Waals surface area contributed by atoms with Gasteiger partial charge in [0.2, 0.25) is 0 Å². The van der Waals surface area contributed by atoms with E-state index in [0.717, 1.165) is 35.6 Å². The highest BCUT2D eigenvalue weighted by atomic mass is 79.9. The van der Waals surface area contributed by atoms with E-state index in [2.05, 4.69) is 61.2 Å². The summed E-state index contributed by atoms with van der Waals surface area (Å²) in [6.45, 7) is 14.7. The Morgan fingerprint density at radius 3 is 2.74 bits per heavy atom. The van der Waals surface area contributed by atoms with Crippen molar-refractivity contribution in [2.45, 2.75) is 65.7 Å². The summed E-state index contributed by atoms with van der Waals surface area (Å²) in [6.07, 6.45) is 6.33. The molecule has 4 fully saturated rings. The molecule has 4 aliphatic carbocycles. The van der Waals surface area contributed by atoms with Gasteiger partial charge in [0.25, 0.3) is 0 Å². The topological polar surface area (TPSA) is 76.1 Å². The first-order valence-corrected chi connectivity index (χ1v) is 14.1. The summed E-state index contributed by atoms with van der Waals surface area (Å²) in [5, 5.41) is 11.1. The standard InChI is InChI=1S/C28H40BrNO5/c1-16(2)23-8-20-9-26(14-31)22-7-6-17(3)21(22)10-27(20,28(23,26)25(32)33)15-35-24-12-30(11-18(4)29)19(5)13-34-24/h8,14,16-17,19-22,24H,4,6-7,9-13,15H2,1-3,5H3,(H,32,33)/t17-,19-,20?,21-,22-,24+,26?,27?,28+/m1/s1. The number of hydrogen-bond donors (Lipinski definition) is 1. The van der Waals surface area contributed by atoms with Gasteiger partial charge in [-0.25, -0.2) is 0 Å². The molecule has 1 saturated heterocycles. The van der Waals surface area contributed by atoms with Crippen LogP contribution in [0.2, 0.25) is 0 Å². The molecule has 5 aliphatic rings. The molecule has 1 N–H and O–H groups in total. The molecule has 0 spiro atoms. The first kappa shape index (κ1) is 25.6. The number of carbonyl (C=O) groups excluding carboxylic acids is 1. The van der Waals surface area contributed by atoms with E-state index in [0.29, 0.717) is 44.6 Å². The van der Waals surface area contributed by atoms with Gasteiger partial charge in [0, 0.05) is 22.5 Å². The molecule has 35 heavy (non-hydrogen) atoms. The van der Waals surface area contributed by atoms with E-state index in [1.165, 1.54) is 0 Å². The Hall–Kier alpha value is -1.02. The van der Waals surface area contributed by atoms with Crippen LogP contribution in [-0.2, 0) is 19.1 Å². The van der Waals surface area contributed by atoms with Crippen molar-refractivity contribution >= 4 is 28.2 Å². The molecule has 1 aliphatic heterocycles. The largest absolute Gasteiger partial charge is 0.481 e. The average Bonchev–Trinajstić information content (AvgIpc) is 3.36. The predicted octanol–water partition coefficient (Wildman–Crippen LogP) is 4.88. The van der Waals surface area contributed by atoms with Crippen molar-refractivity contribution in [2.75, 3.05) is 26.3 Å². The van der Waals surface area contributed by atoms with Gasteiger partial charge in [0.1, 0.15) is 11.7 Å². The number of carboxylic acids is 1. The first-order valence-electron chi connectivity index (χ1n) is 13.3. The summed E-state index contributed by atoms with van der Waals surface area (Å²) < 4.78 is 13.5. The van der Waals surface area contributed by atoms with Gasteiger partial charge in [-0.3, -0.25) is 9.69 Å². The summed E-state index contributed by atoms with van der Waals surface area (Å²) in [7, 11) is 0. The number of nitrogens with zero attached hydrogens (tertiary/aromatic N) is 1. The molecule has 0 radical (unpaired) electrons. The minimum absolute atomic E-state index is 0.0416. The fourth-order valence-corrected chi connectivity index (χ4v) is 9.52. The van der Waals surface area contributed by atoms with Crippen molar-refractivity contribution in [3.8, 4) is 0 Å². The molecule has 9 atom stereocenters. The highest BCUT2D eigenvalue weighted by Crippen LogP contribution is 2.82. The fraction of sp³-hybridized carbons (Fsp3) is 0.786. The average molecular weight is 551 g/mol. The molecule has 0 amide bonds. The number of rotatable bonds is 8. The highest BCUT2D eigenvalue weighted by molar-refractivity contribution is 9.11. The minimum atomic E-state index is -1.20.